The Hall–Kier alpha value is -3.27. The van der Waals surface area contributed by atoms with Crippen LogP contribution in [0, 0.1) is 0 Å². The minimum absolute atomic E-state index is 0.0234. The summed E-state index contributed by atoms with van der Waals surface area (Å²) in [5.41, 5.74) is 3.66. The van der Waals surface area contributed by atoms with Gasteiger partial charge in [0.25, 0.3) is 5.91 Å². The number of aromatic nitrogens is 1. The molecule has 154 valence electrons. The van der Waals surface area contributed by atoms with Crippen molar-refractivity contribution in [1.82, 2.24) is 9.88 Å². The Bertz CT molecular complexity index is 1140. The van der Waals surface area contributed by atoms with Gasteiger partial charge in [-0.3, -0.25) is 9.78 Å². The summed E-state index contributed by atoms with van der Waals surface area (Å²) in [6.45, 7) is 0.0582. The van der Waals surface area contributed by atoms with Crippen LogP contribution in [0.1, 0.15) is 5.56 Å². The monoisotopic (exact) mass is 432 g/mol. The van der Waals surface area contributed by atoms with Gasteiger partial charge in [0.1, 0.15) is 6.54 Å². The molecule has 0 unspecified atom stereocenters. The number of carbonyl (C=O) groups excluding carboxylic acids is 2. The number of rotatable bonds is 4. The van der Waals surface area contributed by atoms with E-state index in [1.807, 2.05) is 6.07 Å². The molecule has 4 rings (SSSR count). The third kappa shape index (κ3) is 4.04. The van der Waals surface area contributed by atoms with Crippen molar-refractivity contribution in [2.75, 3.05) is 17.2 Å². The maximum absolute atomic E-state index is 12.8. The zero-order chi connectivity index (χ0) is 21.5. The van der Waals surface area contributed by atoms with Crippen molar-refractivity contribution >= 4 is 46.0 Å². The van der Waals surface area contributed by atoms with Crippen molar-refractivity contribution < 1.29 is 22.8 Å². The number of fused-ring (bicyclic) bond motifs is 1. The lowest BCUT2D eigenvalue weighted by molar-refractivity contribution is -0.116. The number of nitrogens with two attached hydrogens (primary N) is 1. The molecule has 1 fully saturated rings. The smallest absolute Gasteiger partial charge is 0.399 e. The number of imide groups is 1. The summed E-state index contributed by atoms with van der Waals surface area (Å²) in [6, 6.07) is 11.6. The molecule has 10 heteroatoms. The molecule has 0 aliphatic carbocycles. The molecule has 2 heterocycles. The number of amides is 3. The quantitative estimate of drug-likeness (QED) is 0.376. The number of benzene rings is 2. The van der Waals surface area contributed by atoms with Crippen LogP contribution in [0.5, 0.6) is 0 Å². The second kappa shape index (κ2) is 7.52. The van der Waals surface area contributed by atoms with Gasteiger partial charge in [-0.05, 0) is 59.8 Å². The maximum atomic E-state index is 12.8. The number of hydrogen-bond acceptors (Lipinski definition) is 5. The number of anilines is 2. The molecule has 3 amide bonds. The first-order valence-electron chi connectivity index (χ1n) is 8.82. The Morgan fingerprint density at radius 2 is 1.80 bits per heavy atom. The molecule has 0 saturated carbocycles. The summed E-state index contributed by atoms with van der Waals surface area (Å²) in [5, 5.41) is 0.818. The second-order valence-corrected chi connectivity index (χ2v) is 7.79. The molecule has 30 heavy (non-hydrogen) atoms. The first kappa shape index (κ1) is 20.0. The normalized spacial score (nSPS) is 14.8. The minimum atomic E-state index is -4.41. The van der Waals surface area contributed by atoms with E-state index in [0.717, 1.165) is 15.8 Å². The average Bonchev–Trinajstić information content (AvgIpc) is 2.94. The molecule has 3 aromatic rings. The molecular formula is C20H15F3N4O2S. The molecular weight excluding hydrogens is 417 g/mol. The van der Waals surface area contributed by atoms with Gasteiger partial charge in [-0.25, -0.2) is 9.69 Å². The van der Waals surface area contributed by atoms with Crippen LogP contribution in [0.25, 0.3) is 10.9 Å². The Balaban J connectivity index is 1.55. The van der Waals surface area contributed by atoms with E-state index in [9.17, 15) is 22.8 Å². The first-order chi connectivity index (χ1) is 14.2. The second-order valence-electron chi connectivity index (χ2n) is 6.66. The lowest BCUT2D eigenvalue weighted by Crippen LogP contribution is -2.32. The Labute approximate surface area is 173 Å². The van der Waals surface area contributed by atoms with Gasteiger partial charge in [-0.15, -0.1) is 0 Å². The highest BCUT2D eigenvalue weighted by Gasteiger charge is 2.37. The van der Waals surface area contributed by atoms with Gasteiger partial charge in [0.2, 0.25) is 0 Å². The number of hydrogen-bond donors (Lipinski definition) is 1. The van der Waals surface area contributed by atoms with E-state index >= 15 is 0 Å². The van der Waals surface area contributed by atoms with Crippen LogP contribution in [0.4, 0.5) is 29.3 Å². The third-order valence-electron chi connectivity index (χ3n) is 4.58. The standard InChI is InChI=1S/C20H15F3N4O2S/c21-20(22,23)30-15-4-2-14(3-5-15)27-18(28)11-26(19(27)29)10-12-7-8-25-17-9-13(24)1-6-16(12)17/h1-9H,10-11,24H2. The van der Waals surface area contributed by atoms with Gasteiger partial charge in [-0.2, -0.15) is 13.2 Å². The fourth-order valence-electron chi connectivity index (χ4n) is 3.29. The Morgan fingerprint density at radius 3 is 2.50 bits per heavy atom. The number of alkyl halides is 3. The molecule has 2 N–H and O–H groups in total. The summed E-state index contributed by atoms with van der Waals surface area (Å²) in [6.07, 6.45) is 1.61. The number of carbonyl (C=O) groups is 2. The van der Waals surface area contributed by atoms with Crippen LogP contribution in [0.2, 0.25) is 0 Å². The molecule has 0 radical (unpaired) electrons. The van der Waals surface area contributed by atoms with Gasteiger partial charge < -0.3 is 10.6 Å². The summed E-state index contributed by atoms with van der Waals surface area (Å²) >= 11 is -0.256. The number of nitrogens with zero attached hydrogens (tertiary/aromatic N) is 3. The predicted octanol–water partition coefficient (Wildman–Crippen LogP) is 4.40. The molecule has 0 atom stereocenters. The fraction of sp³-hybridized carbons (Fsp3) is 0.150. The highest BCUT2D eigenvalue weighted by atomic mass is 32.2. The maximum Gasteiger partial charge on any atom is 0.446 e. The topological polar surface area (TPSA) is 79.5 Å². The molecule has 2 aromatic carbocycles. The highest BCUT2D eigenvalue weighted by Crippen LogP contribution is 2.37. The van der Waals surface area contributed by atoms with E-state index in [-0.39, 0.29) is 35.4 Å². The van der Waals surface area contributed by atoms with Gasteiger partial charge >= 0.3 is 11.5 Å². The number of nitrogen functional groups attached to an aromatic ring is 1. The molecule has 1 aliphatic heterocycles. The first-order valence-corrected chi connectivity index (χ1v) is 9.64. The number of pyridine rings is 1. The van der Waals surface area contributed by atoms with Gasteiger partial charge in [-0.1, -0.05) is 6.07 Å². The van der Waals surface area contributed by atoms with E-state index in [0.29, 0.717) is 11.2 Å². The number of thioether (sulfide) groups is 1. The van der Waals surface area contributed by atoms with Crippen LogP contribution in [-0.2, 0) is 11.3 Å². The molecule has 1 aliphatic rings. The molecule has 1 saturated heterocycles. The lowest BCUT2D eigenvalue weighted by Gasteiger charge is -2.18. The van der Waals surface area contributed by atoms with Gasteiger partial charge in [0.15, 0.2) is 0 Å². The Morgan fingerprint density at radius 1 is 1.07 bits per heavy atom. The zero-order valence-electron chi connectivity index (χ0n) is 15.4. The molecule has 6 nitrogen and oxygen atoms in total. The SMILES string of the molecule is Nc1ccc2c(CN3CC(=O)N(c4ccc(SC(F)(F)F)cc4)C3=O)ccnc2c1. The number of urea groups is 1. The van der Waals surface area contributed by atoms with E-state index in [1.165, 1.54) is 29.2 Å². The van der Waals surface area contributed by atoms with Crippen molar-refractivity contribution in [3.05, 3.63) is 60.3 Å². The van der Waals surface area contributed by atoms with Gasteiger partial charge in [0, 0.05) is 28.7 Å². The largest absolute Gasteiger partial charge is 0.446 e. The number of halogens is 3. The van der Waals surface area contributed by atoms with Crippen molar-refractivity contribution in [2.24, 2.45) is 0 Å². The van der Waals surface area contributed by atoms with Crippen LogP contribution < -0.4 is 10.6 Å². The summed E-state index contributed by atoms with van der Waals surface area (Å²) in [4.78, 5) is 31.9. The predicted molar refractivity (Wildman–Crippen MR) is 108 cm³/mol. The van der Waals surface area contributed by atoms with E-state index < -0.39 is 17.4 Å². The average molecular weight is 432 g/mol. The Kier molecular flexibility index (Phi) is 5.02. The van der Waals surface area contributed by atoms with Crippen molar-refractivity contribution in [3.8, 4) is 0 Å². The van der Waals surface area contributed by atoms with Crippen LogP contribution >= 0.6 is 11.8 Å². The summed E-state index contributed by atoms with van der Waals surface area (Å²) < 4.78 is 37.5. The van der Waals surface area contributed by atoms with Crippen LogP contribution in [-0.4, -0.2) is 33.9 Å². The van der Waals surface area contributed by atoms with Crippen molar-refractivity contribution in [2.45, 2.75) is 16.9 Å². The van der Waals surface area contributed by atoms with E-state index in [2.05, 4.69) is 4.98 Å². The van der Waals surface area contributed by atoms with Crippen LogP contribution in [0.15, 0.2) is 59.6 Å². The molecule has 0 bridgehead atoms. The third-order valence-corrected chi connectivity index (χ3v) is 5.32. The molecule has 0 spiro atoms. The summed E-state index contributed by atoms with van der Waals surface area (Å²) in [5.74, 6) is -0.446. The minimum Gasteiger partial charge on any atom is -0.399 e. The van der Waals surface area contributed by atoms with Crippen molar-refractivity contribution in [1.29, 1.82) is 0 Å². The lowest BCUT2D eigenvalue weighted by atomic mass is 10.1. The van der Waals surface area contributed by atoms with E-state index in [1.54, 1.807) is 24.4 Å². The van der Waals surface area contributed by atoms with Crippen LogP contribution in [0.3, 0.4) is 0 Å². The highest BCUT2D eigenvalue weighted by molar-refractivity contribution is 8.00. The molecule has 1 aromatic heterocycles. The fourth-order valence-corrected chi connectivity index (χ4v) is 3.83. The van der Waals surface area contributed by atoms with Crippen molar-refractivity contribution in [3.63, 3.8) is 0 Å². The summed E-state index contributed by atoms with van der Waals surface area (Å²) in [7, 11) is 0. The van der Waals surface area contributed by atoms with E-state index in [4.69, 9.17) is 5.73 Å². The zero-order valence-corrected chi connectivity index (χ0v) is 16.2. The van der Waals surface area contributed by atoms with Gasteiger partial charge in [0.05, 0.1) is 11.2 Å².